The molecule has 0 unspecified atom stereocenters. The van der Waals surface area contributed by atoms with Crippen LogP contribution in [0, 0.1) is 6.92 Å². The molecule has 6 N–H and O–H groups in total. The summed E-state index contributed by atoms with van der Waals surface area (Å²) in [7, 11) is 3.19. The van der Waals surface area contributed by atoms with Gasteiger partial charge in [0.05, 0.1) is 24.1 Å². The normalized spacial score (nSPS) is 14.3. The number of benzene rings is 2. The van der Waals surface area contributed by atoms with Crippen molar-refractivity contribution in [3.8, 4) is 0 Å². The quantitative estimate of drug-likeness (QED) is 0.232. The number of aryl methyl sites for hydroxylation is 1. The first-order valence-corrected chi connectivity index (χ1v) is 13.2. The van der Waals surface area contributed by atoms with E-state index in [2.05, 4.69) is 25.3 Å². The Morgan fingerprint density at radius 3 is 2.35 bits per heavy atom. The lowest BCUT2D eigenvalue weighted by molar-refractivity contribution is -0.137. The lowest BCUT2D eigenvalue weighted by atomic mass is 10.1. The summed E-state index contributed by atoms with van der Waals surface area (Å²) in [6.45, 7) is 4.35. The molecule has 1 saturated heterocycles. The number of alkyl halides is 3. The first-order chi connectivity index (χ1) is 20.3. The topological polar surface area (TPSA) is 142 Å². The van der Waals surface area contributed by atoms with Gasteiger partial charge in [-0.1, -0.05) is 6.07 Å². The number of nitrogens with two attached hydrogens (primary N) is 2. The predicted octanol–water partition coefficient (Wildman–Crippen LogP) is 4.23. The lowest BCUT2D eigenvalue weighted by Crippen LogP contribution is -2.44. The first-order valence-electron chi connectivity index (χ1n) is 13.2. The molecule has 2 amide bonds. The zero-order valence-corrected chi connectivity index (χ0v) is 23.9. The van der Waals surface area contributed by atoms with Crippen molar-refractivity contribution < 1.29 is 27.5 Å². The van der Waals surface area contributed by atoms with Gasteiger partial charge in [-0.25, -0.2) is 15.6 Å². The van der Waals surface area contributed by atoms with Crippen molar-refractivity contribution in [3.05, 3.63) is 83.2 Å². The van der Waals surface area contributed by atoms with Gasteiger partial charge in [-0.3, -0.25) is 15.1 Å². The van der Waals surface area contributed by atoms with Gasteiger partial charge in [0, 0.05) is 61.1 Å². The number of methoxy groups -OCH3 is 1. The molecule has 0 spiro atoms. The molecule has 1 aromatic heterocycles. The molecule has 2 heterocycles. The molecule has 43 heavy (non-hydrogen) atoms. The van der Waals surface area contributed by atoms with E-state index < -0.39 is 23.7 Å². The fraction of sp³-hybridized carbons (Fsp3) is 0.276. The molecule has 1 fully saturated rings. The van der Waals surface area contributed by atoms with Crippen LogP contribution in [0.1, 0.15) is 27.0 Å². The minimum atomic E-state index is -4.58. The van der Waals surface area contributed by atoms with Crippen molar-refractivity contribution in [2.75, 3.05) is 60.9 Å². The summed E-state index contributed by atoms with van der Waals surface area (Å²) in [5, 5.41) is 6.28. The highest BCUT2D eigenvalue weighted by Crippen LogP contribution is 2.35. The smallest absolute Gasteiger partial charge is 0.416 e. The standard InChI is InChI=1S/C29H33F3N8O3/c1-18-4-5-19(12-25(18)40(34)17-24(33)20-6-7-26(35-16-20)37-28(42)43-3)27(41)36-22-13-21(29(30,31)32)14-23(15-22)39-10-8-38(2)9-11-39/h4-7,12-17H,8-11,33-34H2,1-3H3,(H,36,41)(H,35,37,42)/b24-17-. The molecule has 1 aliphatic heterocycles. The van der Waals surface area contributed by atoms with Crippen molar-refractivity contribution in [2.24, 2.45) is 11.6 Å². The Kier molecular flexibility index (Phi) is 9.41. The molecule has 1 aliphatic rings. The van der Waals surface area contributed by atoms with Crippen LogP contribution in [0.15, 0.2) is 60.9 Å². The molecule has 0 radical (unpaired) electrons. The van der Waals surface area contributed by atoms with Crippen molar-refractivity contribution in [2.45, 2.75) is 13.1 Å². The number of likely N-dealkylation sites (N-methyl/N-ethyl adjacent to an activating group) is 1. The van der Waals surface area contributed by atoms with E-state index in [-0.39, 0.29) is 22.8 Å². The summed E-state index contributed by atoms with van der Waals surface area (Å²) in [6.07, 6.45) is -2.38. The molecule has 11 nitrogen and oxygen atoms in total. The minimum absolute atomic E-state index is 0.0299. The maximum absolute atomic E-state index is 13.7. The third-order valence-corrected chi connectivity index (χ3v) is 6.91. The summed E-state index contributed by atoms with van der Waals surface area (Å²) < 4.78 is 45.7. The Morgan fingerprint density at radius 1 is 1.02 bits per heavy atom. The highest BCUT2D eigenvalue weighted by atomic mass is 19.4. The van der Waals surface area contributed by atoms with Gasteiger partial charge >= 0.3 is 12.3 Å². The van der Waals surface area contributed by atoms with E-state index in [9.17, 15) is 22.8 Å². The summed E-state index contributed by atoms with van der Waals surface area (Å²) in [6, 6.07) is 11.5. The van der Waals surface area contributed by atoms with Crippen LogP contribution in [0.3, 0.4) is 0 Å². The fourth-order valence-corrected chi connectivity index (χ4v) is 4.41. The number of hydrogen-bond donors (Lipinski definition) is 4. The number of anilines is 4. The number of aromatic nitrogens is 1. The third kappa shape index (κ3) is 7.93. The number of hydrazine groups is 1. The molecule has 14 heteroatoms. The molecule has 0 saturated carbocycles. The summed E-state index contributed by atoms with van der Waals surface area (Å²) >= 11 is 0. The van der Waals surface area contributed by atoms with E-state index in [0.717, 1.165) is 17.7 Å². The molecule has 2 aromatic carbocycles. The number of nitrogens with one attached hydrogen (secondary N) is 2. The number of pyridine rings is 1. The number of carbonyl (C=O) groups excluding carboxylic acids is 2. The van der Waals surface area contributed by atoms with E-state index in [1.54, 1.807) is 31.2 Å². The molecular formula is C29H33F3N8O3. The van der Waals surface area contributed by atoms with E-state index in [4.69, 9.17) is 11.6 Å². The largest absolute Gasteiger partial charge is 0.453 e. The molecule has 0 bridgehead atoms. The SMILES string of the molecule is COC(=O)Nc1ccc(/C(N)=C/N(N)c2cc(C(=O)Nc3cc(N4CCN(C)CC4)cc(C(F)(F)F)c3)ccc2C)cn1. The molecule has 0 atom stereocenters. The number of ether oxygens (including phenoxy) is 1. The monoisotopic (exact) mass is 598 g/mol. The number of carbonyl (C=O) groups is 2. The van der Waals surface area contributed by atoms with Gasteiger partial charge < -0.3 is 25.6 Å². The zero-order chi connectivity index (χ0) is 31.3. The average molecular weight is 599 g/mol. The number of rotatable bonds is 7. The third-order valence-electron chi connectivity index (χ3n) is 6.91. The molecule has 0 aliphatic carbocycles. The van der Waals surface area contributed by atoms with Crippen molar-refractivity contribution in [1.82, 2.24) is 9.88 Å². The van der Waals surface area contributed by atoms with Crippen LogP contribution in [0.5, 0.6) is 0 Å². The Balaban J connectivity index is 1.54. The Bertz CT molecular complexity index is 1500. The van der Waals surface area contributed by atoms with Gasteiger partial charge in [-0.2, -0.15) is 13.2 Å². The Morgan fingerprint density at radius 2 is 1.72 bits per heavy atom. The van der Waals surface area contributed by atoms with Gasteiger partial charge in [0.1, 0.15) is 5.82 Å². The summed E-state index contributed by atoms with van der Waals surface area (Å²) in [5.41, 5.74) is 7.87. The highest BCUT2D eigenvalue weighted by Gasteiger charge is 2.32. The summed E-state index contributed by atoms with van der Waals surface area (Å²) in [4.78, 5) is 32.6. The average Bonchev–Trinajstić information content (AvgIpc) is 2.97. The van der Waals surface area contributed by atoms with E-state index in [1.165, 1.54) is 36.6 Å². The fourth-order valence-electron chi connectivity index (χ4n) is 4.41. The zero-order valence-electron chi connectivity index (χ0n) is 23.9. The van der Waals surface area contributed by atoms with Gasteiger partial charge in [-0.15, -0.1) is 0 Å². The van der Waals surface area contributed by atoms with Gasteiger partial charge in [0.15, 0.2) is 0 Å². The second kappa shape index (κ2) is 13.0. The van der Waals surface area contributed by atoms with Crippen LogP contribution >= 0.6 is 0 Å². The lowest BCUT2D eigenvalue weighted by Gasteiger charge is -2.34. The van der Waals surface area contributed by atoms with Crippen LogP contribution in [0.25, 0.3) is 5.70 Å². The molecule has 3 aromatic rings. The number of halogens is 3. The van der Waals surface area contributed by atoms with Gasteiger partial charge in [0.25, 0.3) is 5.91 Å². The van der Waals surface area contributed by atoms with Crippen LogP contribution in [-0.2, 0) is 10.9 Å². The Hall–Kier alpha value is -4.82. The van der Waals surface area contributed by atoms with Crippen LogP contribution in [-0.4, -0.2) is 62.2 Å². The molecule has 4 rings (SSSR count). The van der Waals surface area contributed by atoms with E-state index >= 15 is 0 Å². The second-order valence-electron chi connectivity index (χ2n) is 10.1. The van der Waals surface area contributed by atoms with Crippen LogP contribution in [0.4, 0.5) is 40.8 Å². The number of piperazine rings is 1. The van der Waals surface area contributed by atoms with Gasteiger partial charge in [-0.05, 0) is 62.0 Å². The van der Waals surface area contributed by atoms with Crippen LogP contribution in [0.2, 0.25) is 0 Å². The van der Waals surface area contributed by atoms with Crippen molar-refractivity contribution in [1.29, 1.82) is 0 Å². The van der Waals surface area contributed by atoms with Gasteiger partial charge in [0.2, 0.25) is 0 Å². The first kappa shape index (κ1) is 31.1. The predicted molar refractivity (Wildman–Crippen MR) is 159 cm³/mol. The number of amides is 2. The Labute approximate surface area is 246 Å². The maximum Gasteiger partial charge on any atom is 0.416 e. The number of hydrogen-bond acceptors (Lipinski definition) is 9. The maximum atomic E-state index is 13.7. The number of nitrogens with zero attached hydrogens (tertiary/aromatic N) is 4. The molecular weight excluding hydrogens is 565 g/mol. The van der Waals surface area contributed by atoms with E-state index in [0.29, 0.717) is 43.1 Å². The van der Waals surface area contributed by atoms with E-state index in [1.807, 2.05) is 11.9 Å². The second-order valence-corrected chi connectivity index (χ2v) is 10.1. The summed E-state index contributed by atoms with van der Waals surface area (Å²) in [5.74, 6) is 5.93. The van der Waals surface area contributed by atoms with Crippen molar-refractivity contribution in [3.63, 3.8) is 0 Å². The van der Waals surface area contributed by atoms with Crippen LogP contribution < -0.4 is 32.1 Å². The molecule has 228 valence electrons. The highest BCUT2D eigenvalue weighted by molar-refractivity contribution is 6.05. The van der Waals surface area contributed by atoms with Crippen molar-refractivity contribution >= 4 is 40.6 Å². The minimum Gasteiger partial charge on any atom is -0.453 e.